The smallest absolute Gasteiger partial charge is 0.200 e. The van der Waals surface area contributed by atoms with E-state index in [1.165, 1.54) is 6.07 Å². The zero-order valence-electron chi connectivity index (χ0n) is 20.1. The molecule has 0 amide bonds. The summed E-state index contributed by atoms with van der Waals surface area (Å²) in [7, 11) is 0. The molecule has 184 valence electrons. The van der Waals surface area contributed by atoms with Crippen molar-refractivity contribution in [3.63, 3.8) is 0 Å². The maximum Gasteiger partial charge on any atom is 0.200 e. The van der Waals surface area contributed by atoms with Crippen LogP contribution >= 0.6 is 0 Å². The molecule has 2 aromatic rings. The summed E-state index contributed by atoms with van der Waals surface area (Å²) in [4.78, 5) is 0. The minimum atomic E-state index is -0.926. The summed E-state index contributed by atoms with van der Waals surface area (Å²) < 4.78 is 63.5. The third-order valence-corrected chi connectivity index (χ3v) is 7.73. The maximum atomic E-state index is 14.8. The minimum Gasteiger partial charge on any atom is -0.491 e. The zero-order valence-corrected chi connectivity index (χ0v) is 20.1. The van der Waals surface area contributed by atoms with Gasteiger partial charge in [0.2, 0.25) is 5.82 Å². The normalized spacial score (nSPS) is 25.6. The fraction of sp³-hybridized carbons (Fsp3) is 0.517. The molecule has 0 unspecified atom stereocenters. The van der Waals surface area contributed by atoms with Crippen molar-refractivity contribution in [1.29, 1.82) is 0 Å². The summed E-state index contributed by atoms with van der Waals surface area (Å²) in [6.45, 7) is 4.22. The van der Waals surface area contributed by atoms with Gasteiger partial charge in [-0.15, -0.1) is 0 Å². The van der Waals surface area contributed by atoms with Gasteiger partial charge in [-0.3, -0.25) is 0 Å². The molecule has 1 nitrogen and oxygen atoms in total. The number of rotatable bonds is 6. The molecule has 0 bridgehead atoms. The van der Waals surface area contributed by atoms with Crippen LogP contribution in [0.25, 0.3) is 6.08 Å². The van der Waals surface area contributed by atoms with E-state index in [0.29, 0.717) is 17.0 Å². The molecule has 5 heteroatoms. The summed E-state index contributed by atoms with van der Waals surface area (Å²) in [6.07, 6.45) is 10.6. The molecule has 0 heterocycles. The second-order valence-electron chi connectivity index (χ2n) is 10.0. The molecule has 2 saturated carbocycles. The van der Waals surface area contributed by atoms with Crippen LogP contribution in [0.15, 0.2) is 30.3 Å². The fourth-order valence-electron chi connectivity index (χ4n) is 5.59. The number of halogens is 4. The van der Waals surface area contributed by atoms with Gasteiger partial charge in [0, 0.05) is 5.56 Å². The average molecular weight is 475 g/mol. The van der Waals surface area contributed by atoms with Crippen LogP contribution in [0.2, 0.25) is 0 Å². The Kier molecular flexibility index (Phi) is 8.00. The van der Waals surface area contributed by atoms with Gasteiger partial charge in [-0.1, -0.05) is 50.1 Å². The van der Waals surface area contributed by atoms with Gasteiger partial charge in [0.1, 0.15) is 0 Å². The second kappa shape index (κ2) is 11.0. The largest absolute Gasteiger partial charge is 0.491 e. The first-order chi connectivity index (χ1) is 16.4. The molecule has 2 aliphatic carbocycles. The zero-order chi connectivity index (χ0) is 24.2. The summed E-state index contributed by atoms with van der Waals surface area (Å²) in [5, 5.41) is 0. The Hall–Kier alpha value is -2.30. The lowest BCUT2D eigenvalue weighted by Crippen LogP contribution is -2.14. The highest BCUT2D eigenvalue weighted by molar-refractivity contribution is 5.52. The van der Waals surface area contributed by atoms with E-state index in [-0.39, 0.29) is 35.7 Å². The first-order valence-corrected chi connectivity index (χ1v) is 12.7. The molecule has 34 heavy (non-hydrogen) atoms. The van der Waals surface area contributed by atoms with Crippen molar-refractivity contribution in [3.05, 3.63) is 70.3 Å². The third kappa shape index (κ3) is 5.34. The van der Waals surface area contributed by atoms with E-state index in [0.717, 1.165) is 51.4 Å². The van der Waals surface area contributed by atoms with E-state index in [1.807, 2.05) is 6.08 Å². The van der Waals surface area contributed by atoms with Gasteiger partial charge in [0.25, 0.3) is 0 Å². The van der Waals surface area contributed by atoms with E-state index in [2.05, 4.69) is 6.92 Å². The number of benzene rings is 2. The maximum absolute atomic E-state index is 14.8. The van der Waals surface area contributed by atoms with Gasteiger partial charge in [0.15, 0.2) is 23.2 Å². The van der Waals surface area contributed by atoms with Crippen LogP contribution in [0, 0.1) is 35.1 Å². The Bertz CT molecular complexity index is 1020. The average Bonchev–Trinajstić information content (AvgIpc) is 2.84. The van der Waals surface area contributed by atoms with Gasteiger partial charge in [0.05, 0.1) is 6.61 Å². The highest BCUT2D eigenvalue weighted by Gasteiger charge is 2.27. The molecule has 0 aliphatic heterocycles. The third-order valence-electron chi connectivity index (χ3n) is 7.73. The lowest BCUT2D eigenvalue weighted by atomic mass is 9.78. The van der Waals surface area contributed by atoms with Crippen molar-refractivity contribution >= 4 is 6.08 Å². The SMILES string of the molecule is CCOc1ccc(C2CCC(/C=C/c3ccc(C4CCC(C)CC4)c(F)c3F)CC2)c(F)c1F. The van der Waals surface area contributed by atoms with Gasteiger partial charge >= 0.3 is 0 Å². The van der Waals surface area contributed by atoms with Crippen LogP contribution in [0.5, 0.6) is 5.75 Å². The van der Waals surface area contributed by atoms with Crippen molar-refractivity contribution in [2.45, 2.75) is 77.0 Å². The molecule has 0 N–H and O–H groups in total. The Morgan fingerprint density at radius 3 is 1.91 bits per heavy atom. The summed E-state index contributed by atoms with van der Waals surface area (Å²) >= 11 is 0. The Labute approximate surface area is 200 Å². The van der Waals surface area contributed by atoms with Gasteiger partial charge in [-0.2, -0.15) is 4.39 Å². The second-order valence-corrected chi connectivity index (χ2v) is 10.0. The van der Waals surface area contributed by atoms with Crippen LogP contribution in [-0.2, 0) is 0 Å². The number of hydrogen-bond acceptors (Lipinski definition) is 1. The Morgan fingerprint density at radius 1 is 0.735 bits per heavy atom. The number of allylic oxidation sites excluding steroid dienone is 1. The van der Waals surface area contributed by atoms with E-state index in [4.69, 9.17) is 4.74 Å². The Morgan fingerprint density at radius 2 is 1.29 bits per heavy atom. The first kappa shape index (κ1) is 24.8. The lowest BCUT2D eigenvalue weighted by molar-refractivity contribution is 0.310. The molecule has 2 aromatic carbocycles. The molecule has 0 saturated heterocycles. The number of ether oxygens (including phenoxy) is 1. The van der Waals surface area contributed by atoms with E-state index in [9.17, 15) is 17.6 Å². The van der Waals surface area contributed by atoms with E-state index in [1.54, 1.807) is 31.2 Å². The standard InChI is InChI=1S/C29H34F4O/c1-3-34-25-17-16-24(28(32)29(25)33)21-11-6-19(7-12-21)8-13-22-14-15-23(27(31)26(22)30)20-9-4-18(2)5-10-20/h8,13-21H,3-7,9-12H2,1-2H3/b13-8+. The molecule has 0 radical (unpaired) electrons. The van der Waals surface area contributed by atoms with E-state index >= 15 is 0 Å². The molecule has 0 aromatic heterocycles. The molecule has 4 rings (SSSR count). The monoisotopic (exact) mass is 474 g/mol. The molecule has 2 fully saturated rings. The van der Waals surface area contributed by atoms with Crippen LogP contribution < -0.4 is 4.74 Å². The van der Waals surface area contributed by atoms with Crippen molar-refractivity contribution in [2.75, 3.05) is 6.61 Å². The summed E-state index contributed by atoms with van der Waals surface area (Å²) in [6, 6.07) is 6.56. The van der Waals surface area contributed by atoms with Crippen LogP contribution in [0.1, 0.15) is 93.7 Å². The van der Waals surface area contributed by atoms with Crippen LogP contribution in [-0.4, -0.2) is 6.61 Å². The molecule has 0 spiro atoms. The fourth-order valence-corrected chi connectivity index (χ4v) is 5.59. The Balaban J connectivity index is 1.38. The highest BCUT2D eigenvalue weighted by Crippen LogP contribution is 2.40. The van der Waals surface area contributed by atoms with Crippen LogP contribution in [0.4, 0.5) is 17.6 Å². The van der Waals surface area contributed by atoms with Crippen LogP contribution in [0.3, 0.4) is 0 Å². The van der Waals surface area contributed by atoms with Gasteiger partial charge in [-0.25, -0.2) is 13.2 Å². The van der Waals surface area contributed by atoms with Gasteiger partial charge in [-0.05, 0) is 86.3 Å². The van der Waals surface area contributed by atoms with E-state index < -0.39 is 23.3 Å². The van der Waals surface area contributed by atoms with Crippen molar-refractivity contribution in [3.8, 4) is 5.75 Å². The number of hydrogen-bond donors (Lipinski definition) is 0. The minimum absolute atomic E-state index is 0.0542. The van der Waals surface area contributed by atoms with Crippen molar-refractivity contribution in [1.82, 2.24) is 0 Å². The predicted octanol–water partition coefficient (Wildman–Crippen LogP) is 8.92. The quantitative estimate of drug-likeness (QED) is 0.380. The van der Waals surface area contributed by atoms with Gasteiger partial charge < -0.3 is 4.74 Å². The molecular formula is C29H34F4O. The lowest BCUT2D eigenvalue weighted by Gasteiger charge is -2.28. The highest BCUT2D eigenvalue weighted by atomic mass is 19.2. The summed E-state index contributed by atoms with van der Waals surface area (Å²) in [5.74, 6) is -2.38. The molecule has 0 atom stereocenters. The summed E-state index contributed by atoms with van der Waals surface area (Å²) in [5.41, 5.74) is 1.17. The predicted molar refractivity (Wildman–Crippen MR) is 128 cm³/mol. The topological polar surface area (TPSA) is 9.23 Å². The molecular weight excluding hydrogens is 440 g/mol. The molecule has 2 aliphatic rings. The first-order valence-electron chi connectivity index (χ1n) is 12.7. The van der Waals surface area contributed by atoms with Crippen molar-refractivity contribution < 1.29 is 22.3 Å². The van der Waals surface area contributed by atoms with Crippen molar-refractivity contribution in [2.24, 2.45) is 11.8 Å².